The van der Waals surface area contributed by atoms with Crippen molar-refractivity contribution in [3.63, 3.8) is 0 Å². The van der Waals surface area contributed by atoms with Gasteiger partial charge in [0.1, 0.15) is 0 Å². The molecular weight excluding hydrogens is 196 g/mol. The molecule has 0 aliphatic heterocycles. The Morgan fingerprint density at radius 1 is 1.53 bits per heavy atom. The van der Waals surface area contributed by atoms with Gasteiger partial charge in [0, 0.05) is 0 Å². The first-order chi connectivity index (χ1) is 7.29. The molecule has 1 heterocycles. The van der Waals surface area contributed by atoms with Gasteiger partial charge in [0.15, 0.2) is 0 Å². The highest BCUT2D eigenvalue weighted by atomic mass is 16.5. The molecule has 0 saturated heterocycles. The summed E-state index contributed by atoms with van der Waals surface area (Å²) in [7, 11) is 0. The highest BCUT2D eigenvalue weighted by molar-refractivity contribution is 5.11. The third-order valence-electron chi connectivity index (χ3n) is 2.01. The first kappa shape index (κ1) is 11.6. The smallest absolute Gasteiger partial charge is 0.0996 e. The predicted octanol–water partition coefficient (Wildman–Crippen LogP) is -0.338. The van der Waals surface area contributed by atoms with Crippen LogP contribution in [0.25, 0.3) is 0 Å². The van der Waals surface area contributed by atoms with Crippen LogP contribution in [0, 0.1) is 18.3 Å². The number of nitriles is 1. The fourth-order valence-electron chi connectivity index (χ4n) is 1.16. The number of hydrogen-bond acceptors (Lipinski definition) is 5. The molecule has 6 nitrogen and oxygen atoms in total. The largest absolute Gasteiger partial charge is 0.394 e. The van der Waals surface area contributed by atoms with E-state index in [0.29, 0.717) is 25.5 Å². The van der Waals surface area contributed by atoms with Crippen molar-refractivity contribution < 1.29 is 9.84 Å². The number of aliphatic hydroxyl groups is 1. The number of nitrogens with zero attached hydrogens (tertiary/aromatic N) is 4. The van der Waals surface area contributed by atoms with Crippen LogP contribution >= 0.6 is 0 Å². The van der Waals surface area contributed by atoms with Crippen molar-refractivity contribution in [1.29, 1.82) is 5.26 Å². The van der Waals surface area contributed by atoms with Gasteiger partial charge < -0.3 is 9.84 Å². The summed E-state index contributed by atoms with van der Waals surface area (Å²) in [5.41, 5.74) is 1.60. The lowest BCUT2D eigenvalue weighted by Crippen LogP contribution is -2.11. The fraction of sp³-hybridized carbons (Fsp3) is 0.667. The molecular formula is C9H14N4O2. The van der Waals surface area contributed by atoms with Gasteiger partial charge in [-0.05, 0) is 6.92 Å². The van der Waals surface area contributed by atoms with Crippen LogP contribution in [0.1, 0.15) is 11.4 Å². The minimum Gasteiger partial charge on any atom is -0.394 e. The lowest BCUT2D eigenvalue weighted by molar-refractivity contribution is 0.0848. The van der Waals surface area contributed by atoms with Gasteiger partial charge in [-0.3, -0.25) is 0 Å². The lowest BCUT2D eigenvalue weighted by atomic mass is 10.3. The SMILES string of the molecule is Cc1c(CC#N)nnn1CCOCCO. The summed E-state index contributed by atoms with van der Waals surface area (Å²) in [6.07, 6.45) is 0.281. The van der Waals surface area contributed by atoms with Crippen LogP contribution in [-0.4, -0.2) is 39.9 Å². The Balaban J connectivity index is 2.44. The summed E-state index contributed by atoms with van der Waals surface area (Å²) in [6, 6.07) is 2.03. The number of rotatable bonds is 6. The molecule has 1 rings (SSSR count). The van der Waals surface area contributed by atoms with E-state index in [1.165, 1.54) is 0 Å². The van der Waals surface area contributed by atoms with Gasteiger partial charge in [0.2, 0.25) is 0 Å². The Morgan fingerprint density at radius 2 is 2.33 bits per heavy atom. The third kappa shape index (κ3) is 3.31. The van der Waals surface area contributed by atoms with Crippen LogP contribution in [0.15, 0.2) is 0 Å². The molecule has 1 aromatic heterocycles. The molecule has 0 fully saturated rings. The monoisotopic (exact) mass is 210 g/mol. The molecule has 0 aliphatic rings. The Labute approximate surface area is 88.1 Å². The van der Waals surface area contributed by atoms with Crippen molar-refractivity contribution in [3.8, 4) is 6.07 Å². The van der Waals surface area contributed by atoms with Crippen molar-refractivity contribution in [3.05, 3.63) is 11.4 Å². The summed E-state index contributed by atoms with van der Waals surface area (Å²) in [5, 5.41) is 24.8. The molecule has 6 heteroatoms. The topological polar surface area (TPSA) is 84.0 Å². The van der Waals surface area contributed by atoms with Gasteiger partial charge in [-0.1, -0.05) is 5.21 Å². The van der Waals surface area contributed by atoms with E-state index in [2.05, 4.69) is 10.3 Å². The lowest BCUT2D eigenvalue weighted by Gasteiger charge is -2.03. The molecule has 82 valence electrons. The average Bonchev–Trinajstić information content (AvgIpc) is 2.57. The number of aliphatic hydroxyl groups excluding tert-OH is 1. The number of hydrogen-bond donors (Lipinski definition) is 1. The second-order valence-electron chi connectivity index (χ2n) is 3.02. The van der Waals surface area contributed by atoms with Gasteiger partial charge >= 0.3 is 0 Å². The van der Waals surface area contributed by atoms with E-state index in [4.69, 9.17) is 15.1 Å². The Bertz CT molecular complexity index is 342. The number of aromatic nitrogens is 3. The molecule has 0 unspecified atom stereocenters. The summed E-state index contributed by atoms with van der Waals surface area (Å²) in [5.74, 6) is 0. The minimum absolute atomic E-state index is 0.0238. The second-order valence-corrected chi connectivity index (χ2v) is 3.02. The van der Waals surface area contributed by atoms with E-state index in [1.807, 2.05) is 13.0 Å². The molecule has 1 aromatic rings. The highest BCUT2D eigenvalue weighted by Crippen LogP contribution is 2.03. The van der Waals surface area contributed by atoms with E-state index >= 15 is 0 Å². The molecule has 0 bridgehead atoms. The van der Waals surface area contributed by atoms with Gasteiger partial charge in [0.25, 0.3) is 0 Å². The van der Waals surface area contributed by atoms with E-state index in [-0.39, 0.29) is 13.0 Å². The van der Waals surface area contributed by atoms with Crippen LogP contribution in [0.2, 0.25) is 0 Å². The van der Waals surface area contributed by atoms with Crippen LogP contribution in [0.5, 0.6) is 0 Å². The van der Waals surface area contributed by atoms with Crippen molar-refractivity contribution in [1.82, 2.24) is 15.0 Å². The molecule has 1 N–H and O–H groups in total. The van der Waals surface area contributed by atoms with Crippen molar-refractivity contribution in [2.75, 3.05) is 19.8 Å². The molecule has 0 saturated carbocycles. The van der Waals surface area contributed by atoms with Crippen LogP contribution in [0.4, 0.5) is 0 Å². The molecule has 0 aliphatic carbocycles. The maximum Gasteiger partial charge on any atom is 0.0996 e. The molecule has 0 atom stereocenters. The van der Waals surface area contributed by atoms with Gasteiger partial charge in [0.05, 0.1) is 50.2 Å². The normalized spacial score (nSPS) is 10.2. The first-order valence-corrected chi connectivity index (χ1v) is 4.74. The van der Waals surface area contributed by atoms with Gasteiger partial charge in [-0.2, -0.15) is 5.26 Å². The maximum absolute atomic E-state index is 8.52. The van der Waals surface area contributed by atoms with E-state index in [9.17, 15) is 0 Å². The first-order valence-electron chi connectivity index (χ1n) is 4.74. The molecule has 0 radical (unpaired) electrons. The van der Waals surface area contributed by atoms with Crippen molar-refractivity contribution in [2.45, 2.75) is 19.9 Å². The molecule has 0 amide bonds. The zero-order valence-electron chi connectivity index (χ0n) is 8.68. The number of ether oxygens (including phenoxy) is 1. The van der Waals surface area contributed by atoms with Crippen molar-refractivity contribution in [2.24, 2.45) is 0 Å². The molecule has 0 spiro atoms. The van der Waals surface area contributed by atoms with Crippen LogP contribution in [0.3, 0.4) is 0 Å². The van der Waals surface area contributed by atoms with Crippen molar-refractivity contribution >= 4 is 0 Å². The standard InChI is InChI=1S/C9H14N4O2/c1-8-9(2-3-10)11-12-13(8)4-6-15-7-5-14/h14H,2,4-7H2,1H3. The maximum atomic E-state index is 8.52. The molecule has 0 aromatic carbocycles. The Kier molecular flexibility index (Phi) is 4.74. The quantitative estimate of drug-likeness (QED) is 0.649. The minimum atomic E-state index is 0.0238. The van der Waals surface area contributed by atoms with Crippen LogP contribution < -0.4 is 0 Å². The molecule has 15 heavy (non-hydrogen) atoms. The zero-order chi connectivity index (χ0) is 11.1. The van der Waals surface area contributed by atoms with Gasteiger partial charge in [-0.25, -0.2) is 4.68 Å². The van der Waals surface area contributed by atoms with Crippen LogP contribution in [-0.2, 0) is 17.7 Å². The predicted molar refractivity (Wildman–Crippen MR) is 52.0 cm³/mol. The average molecular weight is 210 g/mol. The van der Waals surface area contributed by atoms with E-state index < -0.39 is 0 Å². The summed E-state index contributed by atoms with van der Waals surface area (Å²) in [6.45, 7) is 3.30. The van der Waals surface area contributed by atoms with Gasteiger partial charge in [-0.15, -0.1) is 5.10 Å². The summed E-state index contributed by atoms with van der Waals surface area (Å²) >= 11 is 0. The zero-order valence-corrected chi connectivity index (χ0v) is 8.68. The highest BCUT2D eigenvalue weighted by Gasteiger charge is 2.06. The summed E-state index contributed by atoms with van der Waals surface area (Å²) in [4.78, 5) is 0. The third-order valence-corrected chi connectivity index (χ3v) is 2.01. The Morgan fingerprint density at radius 3 is 3.00 bits per heavy atom. The Hall–Kier alpha value is -1.45. The van der Waals surface area contributed by atoms with E-state index in [1.54, 1.807) is 4.68 Å². The second kappa shape index (κ2) is 6.11. The van der Waals surface area contributed by atoms with E-state index in [0.717, 1.165) is 5.69 Å². The fourth-order valence-corrected chi connectivity index (χ4v) is 1.16. The summed E-state index contributed by atoms with van der Waals surface area (Å²) < 4.78 is 6.81.